The molecular weight excluding hydrogens is 268 g/mol. The van der Waals surface area contributed by atoms with E-state index in [-0.39, 0.29) is 11.5 Å². The molecule has 0 radical (unpaired) electrons. The molecule has 106 valence electrons. The molecule has 0 spiro atoms. The van der Waals surface area contributed by atoms with Crippen LogP contribution in [-0.2, 0) is 19.4 Å². The number of carbonyl (C=O) groups excluding carboxylic acids is 1. The number of rotatable bonds is 7. The fourth-order valence-corrected chi connectivity index (χ4v) is 1.93. The van der Waals surface area contributed by atoms with Crippen molar-refractivity contribution in [1.82, 2.24) is 0 Å². The number of sulfone groups is 1. The average Bonchev–Trinajstić information content (AvgIpc) is 2.36. The molecule has 5 nitrogen and oxygen atoms in total. The number of esters is 1. The standard InChI is InChI=1S/C13H18O5S/c1-3-4-9-17-13(14)10-18-11-5-7-12(8-6-11)19(2,15)16/h5-8H,3-4,9-10H2,1-2H3. The molecule has 0 aliphatic heterocycles. The molecule has 1 aromatic carbocycles. The summed E-state index contributed by atoms with van der Waals surface area (Å²) < 4.78 is 32.6. The summed E-state index contributed by atoms with van der Waals surface area (Å²) in [6.45, 7) is 2.22. The summed E-state index contributed by atoms with van der Waals surface area (Å²) in [5, 5.41) is 0. The van der Waals surface area contributed by atoms with Crippen molar-refractivity contribution in [3.05, 3.63) is 24.3 Å². The van der Waals surface area contributed by atoms with Crippen molar-refractivity contribution in [2.45, 2.75) is 24.7 Å². The highest BCUT2D eigenvalue weighted by molar-refractivity contribution is 7.90. The van der Waals surface area contributed by atoms with Crippen molar-refractivity contribution < 1.29 is 22.7 Å². The Kier molecular flexibility index (Phi) is 5.82. The van der Waals surface area contributed by atoms with Crippen LogP contribution in [-0.4, -0.2) is 33.9 Å². The number of carbonyl (C=O) groups is 1. The molecule has 1 rings (SSSR count). The second-order valence-electron chi connectivity index (χ2n) is 4.11. The topological polar surface area (TPSA) is 69.7 Å². The Morgan fingerprint density at radius 3 is 2.37 bits per heavy atom. The first kappa shape index (κ1) is 15.5. The number of benzene rings is 1. The minimum atomic E-state index is -3.21. The molecule has 0 saturated heterocycles. The van der Waals surface area contributed by atoms with E-state index in [2.05, 4.69) is 0 Å². The summed E-state index contributed by atoms with van der Waals surface area (Å²) in [4.78, 5) is 11.5. The SMILES string of the molecule is CCCCOC(=O)COc1ccc(S(C)(=O)=O)cc1. The predicted molar refractivity (Wildman–Crippen MR) is 70.9 cm³/mol. The highest BCUT2D eigenvalue weighted by atomic mass is 32.2. The molecule has 1 aromatic rings. The van der Waals surface area contributed by atoms with Gasteiger partial charge in [0.25, 0.3) is 0 Å². The van der Waals surface area contributed by atoms with Gasteiger partial charge in [0, 0.05) is 6.26 Å². The maximum absolute atomic E-state index is 11.3. The van der Waals surface area contributed by atoms with Gasteiger partial charge in [0.05, 0.1) is 11.5 Å². The summed E-state index contributed by atoms with van der Waals surface area (Å²) in [7, 11) is -3.21. The summed E-state index contributed by atoms with van der Waals surface area (Å²) in [5.41, 5.74) is 0. The zero-order chi connectivity index (χ0) is 14.3. The van der Waals surface area contributed by atoms with E-state index in [1.54, 1.807) is 0 Å². The Morgan fingerprint density at radius 2 is 1.84 bits per heavy atom. The van der Waals surface area contributed by atoms with Gasteiger partial charge >= 0.3 is 5.97 Å². The Hall–Kier alpha value is -1.56. The predicted octanol–water partition coefficient (Wildman–Crippen LogP) is 1.81. The maximum atomic E-state index is 11.3. The van der Waals surface area contributed by atoms with E-state index >= 15 is 0 Å². The van der Waals surface area contributed by atoms with E-state index in [0.717, 1.165) is 19.1 Å². The lowest BCUT2D eigenvalue weighted by molar-refractivity contribution is -0.146. The quantitative estimate of drug-likeness (QED) is 0.565. The minimum Gasteiger partial charge on any atom is -0.482 e. The summed E-state index contributed by atoms with van der Waals surface area (Å²) in [6, 6.07) is 5.89. The van der Waals surface area contributed by atoms with Crippen molar-refractivity contribution >= 4 is 15.8 Å². The Balaban J connectivity index is 2.44. The van der Waals surface area contributed by atoms with E-state index in [1.165, 1.54) is 24.3 Å². The van der Waals surface area contributed by atoms with Gasteiger partial charge in [0.15, 0.2) is 16.4 Å². The smallest absolute Gasteiger partial charge is 0.344 e. The van der Waals surface area contributed by atoms with E-state index in [9.17, 15) is 13.2 Å². The molecule has 0 bridgehead atoms. The highest BCUT2D eigenvalue weighted by Gasteiger charge is 2.08. The van der Waals surface area contributed by atoms with Crippen LogP contribution in [0.1, 0.15) is 19.8 Å². The Labute approximate surface area is 113 Å². The fraction of sp³-hybridized carbons (Fsp3) is 0.462. The Bertz CT molecular complexity index is 504. The second kappa shape index (κ2) is 7.13. The highest BCUT2D eigenvalue weighted by Crippen LogP contribution is 2.15. The molecule has 0 atom stereocenters. The molecule has 0 aliphatic carbocycles. The van der Waals surface area contributed by atoms with Crippen LogP contribution in [0.4, 0.5) is 0 Å². The van der Waals surface area contributed by atoms with E-state index in [4.69, 9.17) is 9.47 Å². The third kappa shape index (κ3) is 5.74. The normalized spacial score (nSPS) is 11.1. The van der Waals surface area contributed by atoms with Crippen molar-refractivity contribution in [3.8, 4) is 5.75 Å². The first-order valence-electron chi connectivity index (χ1n) is 6.02. The van der Waals surface area contributed by atoms with E-state index in [0.29, 0.717) is 12.4 Å². The van der Waals surface area contributed by atoms with Crippen molar-refractivity contribution in [2.24, 2.45) is 0 Å². The van der Waals surface area contributed by atoms with Gasteiger partial charge in [0.1, 0.15) is 5.75 Å². The zero-order valence-corrected chi connectivity index (χ0v) is 11.9. The van der Waals surface area contributed by atoms with Gasteiger partial charge < -0.3 is 9.47 Å². The first-order valence-corrected chi connectivity index (χ1v) is 7.91. The van der Waals surface area contributed by atoms with Gasteiger partial charge in [-0.3, -0.25) is 0 Å². The van der Waals surface area contributed by atoms with Crippen LogP contribution in [0.15, 0.2) is 29.2 Å². The fourth-order valence-electron chi connectivity index (χ4n) is 1.30. The van der Waals surface area contributed by atoms with Crippen LogP contribution in [0.3, 0.4) is 0 Å². The monoisotopic (exact) mass is 286 g/mol. The van der Waals surface area contributed by atoms with Gasteiger partial charge in [-0.1, -0.05) is 13.3 Å². The van der Waals surface area contributed by atoms with Crippen LogP contribution in [0.25, 0.3) is 0 Å². The van der Waals surface area contributed by atoms with Crippen LogP contribution in [0.2, 0.25) is 0 Å². The third-order valence-electron chi connectivity index (χ3n) is 2.37. The van der Waals surface area contributed by atoms with Gasteiger partial charge in [-0.2, -0.15) is 0 Å². The number of unbranched alkanes of at least 4 members (excludes halogenated alkanes) is 1. The van der Waals surface area contributed by atoms with Gasteiger partial charge in [-0.05, 0) is 30.7 Å². The molecule has 0 fully saturated rings. The van der Waals surface area contributed by atoms with Gasteiger partial charge in [-0.15, -0.1) is 0 Å². The molecule has 0 amide bonds. The molecule has 6 heteroatoms. The maximum Gasteiger partial charge on any atom is 0.344 e. The largest absolute Gasteiger partial charge is 0.482 e. The number of ether oxygens (including phenoxy) is 2. The molecule has 0 aliphatic rings. The molecule has 0 saturated carbocycles. The first-order chi connectivity index (χ1) is 8.93. The number of hydrogen-bond donors (Lipinski definition) is 0. The molecule has 0 N–H and O–H groups in total. The van der Waals surface area contributed by atoms with Crippen LogP contribution >= 0.6 is 0 Å². The summed E-state index contributed by atoms with van der Waals surface area (Å²) >= 11 is 0. The van der Waals surface area contributed by atoms with Gasteiger partial charge in [-0.25, -0.2) is 13.2 Å². The number of hydrogen-bond acceptors (Lipinski definition) is 5. The molecule has 19 heavy (non-hydrogen) atoms. The van der Waals surface area contributed by atoms with Crippen molar-refractivity contribution in [2.75, 3.05) is 19.5 Å². The third-order valence-corrected chi connectivity index (χ3v) is 3.50. The van der Waals surface area contributed by atoms with Crippen molar-refractivity contribution in [1.29, 1.82) is 0 Å². The lowest BCUT2D eigenvalue weighted by Gasteiger charge is -2.07. The average molecular weight is 286 g/mol. The molecule has 0 aromatic heterocycles. The molecule has 0 unspecified atom stereocenters. The Morgan fingerprint density at radius 1 is 1.21 bits per heavy atom. The van der Waals surface area contributed by atoms with Gasteiger partial charge in [0.2, 0.25) is 0 Å². The van der Waals surface area contributed by atoms with Crippen LogP contribution < -0.4 is 4.74 Å². The van der Waals surface area contributed by atoms with Crippen LogP contribution in [0, 0.1) is 0 Å². The van der Waals surface area contributed by atoms with Crippen molar-refractivity contribution in [3.63, 3.8) is 0 Å². The van der Waals surface area contributed by atoms with E-state index in [1.807, 2.05) is 6.92 Å². The lowest BCUT2D eigenvalue weighted by atomic mass is 10.3. The molecule has 0 heterocycles. The van der Waals surface area contributed by atoms with Crippen LogP contribution in [0.5, 0.6) is 5.75 Å². The minimum absolute atomic E-state index is 0.179. The summed E-state index contributed by atoms with van der Waals surface area (Å²) in [6.07, 6.45) is 2.92. The summed E-state index contributed by atoms with van der Waals surface area (Å²) in [5.74, 6) is 0.000445. The zero-order valence-electron chi connectivity index (χ0n) is 11.1. The molecular formula is C13H18O5S. The van der Waals surface area contributed by atoms with E-state index < -0.39 is 15.8 Å². The second-order valence-corrected chi connectivity index (χ2v) is 6.12. The lowest BCUT2D eigenvalue weighted by Crippen LogP contribution is -2.15.